The fourth-order valence-corrected chi connectivity index (χ4v) is 5.06. The molecule has 0 aliphatic heterocycles. The lowest BCUT2D eigenvalue weighted by molar-refractivity contribution is 1.20. The van der Waals surface area contributed by atoms with Gasteiger partial charge < -0.3 is 9.80 Å². The van der Waals surface area contributed by atoms with Gasteiger partial charge in [-0.1, -0.05) is 103 Å². The molecule has 40 heavy (non-hydrogen) atoms. The first-order valence-electron chi connectivity index (χ1n) is 13.7. The SMILES string of the molecule is Cc1ccc(N(C)c2ccc(N(c3ccc(-c4ccccc4)cc3)c3ccc(-c4ccccc4)cc3)cc2)cc1. The second-order valence-corrected chi connectivity index (χ2v) is 10.1. The highest BCUT2D eigenvalue weighted by molar-refractivity contribution is 5.80. The zero-order valence-electron chi connectivity index (χ0n) is 22.9. The molecule has 0 saturated carbocycles. The summed E-state index contributed by atoms with van der Waals surface area (Å²) < 4.78 is 0. The van der Waals surface area contributed by atoms with E-state index in [0.717, 1.165) is 22.7 Å². The van der Waals surface area contributed by atoms with Gasteiger partial charge in [0.15, 0.2) is 0 Å². The lowest BCUT2D eigenvalue weighted by Gasteiger charge is -2.27. The van der Waals surface area contributed by atoms with Crippen LogP contribution in [0.2, 0.25) is 0 Å². The molecule has 0 aromatic heterocycles. The first-order valence-corrected chi connectivity index (χ1v) is 13.7. The molecule has 0 heterocycles. The summed E-state index contributed by atoms with van der Waals surface area (Å²) >= 11 is 0. The molecule has 0 radical (unpaired) electrons. The number of nitrogens with zero attached hydrogens (tertiary/aromatic N) is 2. The predicted octanol–water partition coefficient (Wildman–Crippen LogP) is 10.6. The molecule has 0 saturated heterocycles. The van der Waals surface area contributed by atoms with Crippen LogP contribution < -0.4 is 9.80 Å². The highest BCUT2D eigenvalue weighted by Crippen LogP contribution is 2.38. The lowest BCUT2D eigenvalue weighted by atomic mass is 10.0. The van der Waals surface area contributed by atoms with Gasteiger partial charge in [0.1, 0.15) is 0 Å². The van der Waals surface area contributed by atoms with Crippen molar-refractivity contribution in [1.82, 2.24) is 0 Å². The number of aryl methyl sites for hydroxylation is 1. The molecular formula is C38H32N2. The van der Waals surface area contributed by atoms with Gasteiger partial charge in [-0.3, -0.25) is 0 Å². The molecule has 0 aliphatic carbocycles. The van der Waals surface area contributed by atoms with E-state index in [1.807, 2.05) is 0 Å². The Labute approximate surface area is 237 Å². The van der Waals surface area contributed by atoms with Crippen LogP contribution in [0.5, 0.6) is 0 Å². The number of benzene rings is 6. The van der Waals surface area contributed by atoms with Crippen molar-refractivity contribution in [2.45, 2.75) is 6.92 Å². The molecule has 2 nitrogen and oxygen atoms in total. The van der Waals surface area contributed by atoms with E-state index in [-0.39, 0.29) is 0 Å². The van der Waals surface area contributed by atoms with Crippen LogP contribution in [0.1, 0.15) is 5.56 Å². The second kappa shape index (κ2) is 11.3. The number of hydrogen-bond acceptors (Lipinski definition) is 2. The quantitative estimate of drug-likeness (QED) is 0.208. The van der Waals surface area contributed by atoms with Crippen LogP contribution in [-0.4, -0.2) is 7.05 Å². The minimum Gasteiger partial charge on any atom is -0.345 e. The van der Waals surface area contributed by atoms with Gasteiger partial charge in [-0.15, -0.1) is 0 Å². The molecule has 0 fully saturated rings. The van der Waals surface area contributed by atoms with Crippen LogP contribution in [-0.2, 0) is 0 Å². The molecule has 6 aromatic rings. The van der Waals surface area contributed by atoms with E-state index >= 15 is 0 Å². The average Bonchev–Trinajstić information content (AvgIpc) is 3.03. The van der Waals surface area contributed by atoms with Gasteiger partial charge in [0.2, 0.25) is 0 Å². The molecule has 194 valence electrons. The first-order chi connectivity index (χ1) is 19.7. The molecule has 0 unspecified atom stereocenters. The van der Waals surface area contributed by atoms with Gasteiger partial charge in [0.25, 0.3) is 0 Å². The fourth-order valence-electron chi connectivity index (χ4n) is 5.06. The van der Waals surface area contributed by atoms with Crippen LogP contribution in [0.3, 0.4) is 0 Å². The van der Waals surface area contributed by atoms with Crippen molar-refractivity contribution in [3.05, 3.63) is 163 Å². The molecule has 6 aromatic carbocycles. The summed E-state index contributed by atoms with van der Waals surface area (Å²) in [4.78, 5) is 4.54. The highest BCUT2D eigenvalue weighted by Gasteiger charge is 2.14. The summed E-state index contributed by atoms with van der Waals surface area (Å²) in [6.07, 6.45) is 0. The summed E-state index contributed by atoms with van der Waals surface area (Å²) in [5.41, 5.74) is 11.8. The zero-order chi connectivity index (χ0) is 27.3. The van der Waals surface area contributed by atoms with Crippen LogP contribution in [0.25, 0.3) is 22.3 Å². The predicted molar refractivity (Wildman–Crippen MR) is 171 cm³/mol. The third-order valence-electron chi connectivity index (χ3n) is 7.38. The van der Waals surface area contributed by atoms with E-state index in [1.165, 1.54) is 33.5 Å². The Bertz CT molecular complexity index is 1570. The normalized spacial score (nSPS) is 10.8. The van der Waals surface area contributed by atoms with Gasteiger partial charge in [0, 0.05) is 35.5 Å². The van der Waals surface area contributed by atoms with E-state index < -0.39 is 0 Å². The van der Waals surface area contributed by atoms with Crippen molar-refractivity contribution in [2.24, 2.45) is 0 Å². The maximum absolute atomic E-state index is 2.32. The van der Waals surface area contributed by atoms with E-state index in [4.69, 9.17) is 0 Å². The summed E-state index contributed by atoms with van der Waals surface area (Å²) in [5.74, 6) is 0. The minimum atomic E-state index is 1.11. The Kier molecular flexibility index (Phi) is 7.15. The topological polar surface area (TPSA) is 6.48 Å². The van der Waals surface area contributed by atoms with Crippen LogP contribution >= 0.6 is 0 Å². The number of anilines is 5. The van der Waals surface area contributed by atoms with E-state index in [0.29, 0.717) is 0 Å². The molecule has 0 amide bonds. The van der Waals surface area contributed by atoms with Crippen molar-refractivity contribution < 1.29 is 0 Å². The first kappa shape index (κ1) is 25.2. The van der Waals surface area contributed by atoms with Gasteiger partial charge in [-0.2, -0.15) is 0 Å². The molecule has 0 atom stereocenters. The minimum absolute atomic E-state index is 1.11. The van der Waals surface area contributed by atoms with Crippen LogP contribution in [0, 0.1) is 6.92 Å². The Hall–Kier alpha value is -5.08. The van der Waals surface area contributed by atoms with E-state index in [9.17, 15) is 0 Å². The Morgan fingerprint density at radius 1 is 0.325 bits per heavy atom. The van der Waals surface area contributed by atoms with E-state index in [2.05, 4.69) is 181 Å². The number of hydrogen-bond donors (Lipinski definition) is 0. The summed E-state index contributed by atoms with van der Waals surface area (Å²) in [7, 11) is 2.11. The zero-order valence-corrected chi connectivity index (χ0v) is 22.9. The standard InChI is InChI=1S/C38H32N2/c1-29-13-19-34(20-14-29)39(2)35-25-27-38(28-26-35)40(36-21-15-32(16-22-36)30-9-5-3-6-10-30)37-23-17-33(18-24-37)31-11-7-4-8-12-31/h3-28H,1-2H3. The van der Waals surface area contributed by atoms with Crippen molar-refractivity contribution in [1.29, 1.82) is 0 Å². The molecule has 2 heteroatoms. The monoisotopic (exact) mass is 516 g/mol. The van der Waals surface area contributed by atoms with Crippen molar-refractivity contribution in [3.8, 4) is 22.3 Å². The van der Waals surface area contributed by atoms with Crippen molar-refractivity contribution in [3.63, 3.8) is 0 Å². The smallest absolute Gasteiger partial charge is 0.0463 e. The van der Waals surface area contributed by atoms with E-state index in [1.54, 1.807) is 0 Å². The lowest BCUT2D eigenvalue weighted by Crippen LogP contribution is -2.12. The molecule has 0 spiro atoms. The average molecular weight is 517 g/mol. The molecule has 6 rings (SSSR count). The summed E-state index contributed by atoms with van der Waals surface area (Å²) in [5, 5.41) is 0. The Morgan fingerprint density at radius 3 is 1.02 bits per heavy atom. The van der Waals surface area contributed by atoms with Gasteiger partial charge in [-0.05, 0) is 89.8 Å². The maximum atomic E-state index is 2.32. The van der Waals surface area contributed by atoms with Crippen LogP contribution in [0.15, 0.2) is 158 Å². The molecular weight excluding hydrogens is 484 g/mol. The molecule has 0 aliphatic rings. The highest BCUT2D eigenvalue weighted by atomic mass is 15.1. The maximum Gasteiger partial charge on any atom is 0.0463 e. The Morgan fingerprint density at radius 2 is 0.625 bits per heavy atom. The van der Waals surface area contributed by atoms with Gasteiger partial charge in [0.05, 0.1) is 0 Å². The summed E-state index contributed by atoms with van der Waals surface area (Å²) in [6.45, 7) is 2.12. The van der Waals surface area contributed by atoms with Crippen LogP contribution in [0.4, 0.5) is 28.4 Å². The third kappa shape index (κ3) is 5.39. The fraction of sp³-hybridized carbons (Fsp3) is 0.0526. The Balaban J connectivity index is 1.35. The van der Waals surface area contributed by atoms with Crippen molar-refractivity contribution in [2.75, 3.05) is 16.8 Å². The van der Waals surface area contributed by atoms with Gasteiger partial charge >= 0.3 is 0 Å². The summed E-state index contributed by atoms with van der Waals surface area (Å²) in [6, 6.07) is 56.1. The largest absolute Gasteiger partial charge is 0.345 e. The van der Waals surface area contributed by atoms with Gasteiger partial charge in [-0.25, -0.2) is 0 Å². The number of rotatable bonds is 7. The molecule has 0 N–H and O–H groups in total. The van der Waals surface area contributed by atoms with Crippen molar-refractivity contribution >= 4 is 28.4 Å². The molecule has 0 bridgehead atoms. The second-order valence-electron chi connectivity index (χ2n) is 10.1. The third-order valence-corrected chi connectivity index (χ3v) is 7.38.